The van der Waals surface area contributed by atoms with E-state index in [1.807, 2.05) is 30.3 Å². The Balaban J connectivity index is 1.46. The summed E-state index contributed by atoms with van der Waals surface area (Å²) in [7, 11) is 0. The second-order valence-electron chi connectivity index (χ2n) is 8.17. The minimum Gasteiger partial charge on any atom is -0.462 e. The molecule has 3 aromatic carbocycles. The molecule has 2 amide bonds. The lowest BCUT2D eigenvalue weighted by atomic mass is 10.1. The molecule has 1 unspecified atom stereocenters. The van der Waals surface area contributed by atoms with Crippen molar-refractivity contribution < 1.29 is 33.1 Å². The predicted molar refractivity (Wildman–Crippen MR) is 130 cm³/mol. The standard InChI is InChI=1S/C28H21NO7/c1-3-34-28(33)23-21-15-18(13-14-22(21)36-24(23)17-9-5-4-6-10-17)35-27(32)16(2)29-25(30)19-11-7-8-12-20(19)26(29)31/h4-16H,3H2,1-2H3. The van der Waals surface area contributed by atoms with Crippen molar-refractivity contribution in [2.45, 2.75) is 19.9 Å². The lowest BCUT2D eigenvalue weighted by Gasteiger charge is -2.20. The van der Waals surface area contributed by atoms with E-state index in [2.05, 4.69) is 0 Å². The second kappa shape index (κ2) is 9.14. The van der Waals surface area contributed by atoms with Gasteiger partial charge in [-0.15, -0.1) is 0 Å². The molecule has 4 aromatic rings. The van der Waals surface area contributed by atoms with E-state index in [4.69, 9.17) is 13.9 Å². The van der Waals surface area contributed by atoms with Crippen molar-refractivity contribution in [2.24, 2.45) is 0 Å². The molecular weight excluding hydrogens is 462 g/mol. The number of hydrogen-bond acceptors (Lipinski definition) is 7. The fourth-order valence-corrected chi connectivity index (χ4v) is 4.21. The lowest BCUT2D eigenvalue weighted by molar-refractivity contribution is -0.138. The van der Waals surface area contributed by atoms with Crippen molar-refractivity contribution in [1.29, 1.82) is 0 Å². The van der Waals surface area contributed by atoms with Gasteiger partial charge in [-0.05, 0) is 44.2 Å². The van der Waals surface area contributed by atoms with Gasteiger partial charge in [-0.2, -0.15) is 0 Å². The number of carbonyl (C=O) groups excluding carboxylic acids is 4. The highest BCUT2D eigenvalue weighted by Crippen LogP contribution is 2.36. The van der Waals surface area contributed by atoms with E-state index in [1.165, 1.54) is 19.1 Å². The molecule has 0 fully saturated rings. The van der Waals surface area contributed by atoms with Gasteiger partial charge < -0.3 is 13.9 Å². The fourth-order valence-electron chi connectivity index (χ4n) is 4.21. The van der Waals surface area contributed by atoms with E-state index in [0.717, 1.165) is 4.90 Å². The number of rotatable bonds is 6. The van der Waals surface area contributed by atoms with Crippen LogP contribution in [0.2, 0.25) is 0 Å². The van der Waals surface area contributed by atoms with Crippen LogP contribution in [-0.2, 0) is 9.53 Å². The van der Waals surface area contributed by atoms with Crippen LogP contribution in [0.15, 0.2) is 77.2 Å². The maximum atomic E-state index is 12.9. The highest BCUT2D eigenvalue weighted by molar-refractivity contribution is 6.22. The molecule has 2 heterocycles. The Morgan fingerprint density at radius 3 is 2.19 bits per heavy atom. The quantitative estimate of drug-likeness (QED) is 0.219. The van der Waals surface area contributed by atoms with Gasteiger partial charge in [0.05, 0.1) is 17.7 Å². The largest absolute Gasteiger partial charge is 0.462 e. The number of hydrogen-bond donors (Lipinski definition) is 0. The summed E-state index contributed by atoms with van der Waals surface area (Å²) >= 11 is 0. The molecule has 0 bridgehead atoms. The molecule has 0 saturated carbocycles. The number of amides is 2. The van der Waals surface area contributed by atoms with Gasteiger partial charge in [0.2, 0.25) is 0 Å². The van der Waals surface area contributed by atoms with Crippen LogP contribution in [0.3, 0.4) is 0 Å². The number of fused-ring (bicyclic) bond motifs is 2. The molecule has 0 spiro atoms. The molecule has 180 valence electrons. The van der Waals surface area contributed by atoms with Gasteiger partial charge in [0.1, 0.15) is 28.7 Å². The van der Waals surface area contributed by atoms with Gasteiger partial charge in [-0.3, -0.25) is 14.5 Å². The maximum Gasteiger partial charge on any atom is 0.342 e. The molecule has 0 aliphatic carbocycles. The van der Waals surface area contributed by atoms with Gasteiger partial charge in [0, 0.05) is 10.9 Å². The molecule has 5 rings (SSSR count). The third-order valence-corrected chi connectivity index (χ3v) is 5.95. The molecule has 0 radical (unpaired) electrons. The summed E-state index contributed by atoms with van der Waals surface area (Å²) in [6.07, 6.45) is 0. The van der Waals surface area contributed by atoms with E-state index in [0.29, 0.717) is 22.3 Å². The molecule has 8 nitrogen and oxygen atoms in total. The van der Waals surface area contributed by atoms with Crippen LogP contribution in [-0.4, -0.2) is 41.3 Å². The van der Waals surface area contributed by atoms with Gasteiger partial charge in [-0.1, -0.05) is 42.5 Å². The van der Waals surface area contributed by atoms with E-state index in [-0.39, 0.29) is 29.0 Å². The summed E-state index contributed by atoms with van der Waals surface area (Å²) in [6.45, 7) is 3.31. The SMILES string of the molecule is CCOC(=O)c1c(-c2ccccc2)oc2ccc(OC(=O)C(C)N3C(=O)c4ccccc4C3=O)cc12. The Labute approximate surface area is 206 Å². The Hall–Kier alpha value is -4.72. The molecule has 0 saturated heterocycles. The van der Waals surface area contributed by atoms with Crippen LogP contribution in [0, 0.1) is 0 Å². The molecule has 1 aliphatic rings. The highest BCUT2D eigenvalue weighted by Gasteiger charge is 2.41. The monoisotopic (exact) mass is 483 g/mol. The first-order valence-corrected chi connectivity index (χ1v) is 11.4. The second-order valence-corrected chi connectivity index (χ2v) is 8.17. The number of carbonyl (C=O) groups is 4. The Morgan fingerprint density at radius 2 is 1.56 bits per heavy atom. The van der Waals surface area contributed by atoms with Crippen LogP contribution in [0.25, 0.3) is 22.3 Å². The van der Waals surface area contributed by atoms with Crippen LogP contribution >= 0.6 is 0 Å². The minimum absolute atomic E-state index is 0.127. The zero-order chi connectivity index (χ0) is 25.4. The topological polar surface area (TPSA) is 103 Å². The molecule has 8 heteroatoms. The fraction of sp³-hybridized carbons (Fsp3) is 0.143. The van der Waals surface area contributed by atoms with E-state index < -0.39 is 29.8 Å². The number of nitrogens with zero attached hydrogens (tertiary/aromatic N) is 1. The summed E-state index contributed by atoms with van der Waals surface area (Å²) in [5.41, 5.74) is 1.80. The number of benzene rings is 3. The molecule has 36 heavy (non-hydrogen) atoms. The third kappa shape index (κ3) is 3.82. The Morgan fingerprint density at radius 1 is 0.917 bits per heavy atom. The average molecular weight is 483 g/mol. The molecule has 1 atom stereocenters. The Kier molecular flexibility index (Phi) is 5.85. The van der Waals surface area contributed by atoms with Gasteiger partial charge >= 0.3 is 11.9 Å². The van der Waals surface area contributed by atoms with E-state index >= 15 is 0 Å². The summed E-state index contributed by atoms with van der Waals surface area (Å²) < 4.78 is 16.7. The van der Waals surface area contributed by atoms with Gasteiger partial charge in [0.25, 0.3) is 11.8 Å². The summed E-state index contributed by atoms with van der Waals surface area (Å²) in [4.78, 5) is 52.1. The molecule has 0 N–H and O–H groups in total. The predicted octanol–water partition coefficient (Wildman–Crippen LogP) is 4.87. The number of ether oxygens (including phenoxy) is 2. The number of furan rings is 1. The maximum absolute atomic E-state index is 12.9. The molecule has 1 aliphatic heterocycles. The zero-order valence-corrected chi connectivity index (χ0v) is 19.5. The van der Waals surface area contributed by atoms with Crippen molar-refractivity contribution >= 4 is 34.7 Å². The molecule has 1 aromatic heterocycles. The summed E-state index contributed by atoms with van der Waals surface area (Å²) in [5.74, 6) is -2.01. The average Bonchev–Trinajstić information content (AvgIpc) is 3.39. The number of esters is 2. The van der Waals surface area contributed by atoms with Crippen LogP contribution in [0.1, 0.15) is 44.9 Å². The molecular formula is C28H21NO7. The summed E-state index contributed by atoms with van der Waals surface area (Å²) in [5, 5.41) is 0.408. The third-order valence-electron chi connectivity index (χ3n) is 5.95. The Bertz CT molecular complexity index is 1480. The van der Waals surface area contributed by atoms with Crippen molar-refractivity contribution in [2.75, 3.05) is 6.61 Å². The summed E-state index contributed by atoms with van der Waals surface area (Å²) in [6, 6.07) is 19.0. The van der Waals surface area contributed by atoms with Crippen LogP contribution in [0.4, 0.5) is 0 Å². The first-order chi connectivity index (χ1) is 17.4. The first kappa shape index (κ1) is 23.0. The van der Waals surface area contributed by atoms with Crippen molar-refractivity contribution in [3.63, 3.8) is 0 Å². The normalized spacial score (nSPS) is 13.6. The van der Waals surface area contributed by atoms with Crippen LogP contribution in [0.5, 0.6) is 5.75 Å². The first-order valence-electron chi connectivity index (χ1n) is 11.4. The highest BCUT2D eigenvalue weighted by atomic mass is 16.5. The van der Waals surface area contributed by atoms with Crippen molar-refractivity contribution in [1.82, 2.24) is 4.90 Å². The van der Waals surface area contributed by atoms with Crippen molar-refractivity contribution in [3.8, 4) is 17.1 Å². The number of imide groups is 1. The van der Waals surface area contributed by atoms with E-state index in [1.54, 1.807) is 37.3 Å². The van der Waals surface area contributed by atoms with Gasteiger partial charge in [0.15, 0.2) is 0 Å². The zero-order valence-electron chi connectivity index (χ0n) is 19.5. The van der Waals surface area contributed by atoms with E-state index in [9.17, 15) is 19.2 Å². The van der Waals surface area contributed by atoms with Crippen LogP contribution < -0.4 is 4.74 Å². The van der Waals surface area contributed by atoms with Crippen molar-refractivity contribution in [3.05, 3.63) is 89.5 Å². The minimum atomic E-state index is -1.16. The van der Waals surface area contributed by atoms with Gasteiger partial charge in [-0.25, -0.2) is 9.59 Å². The smallest absolute Gasteiger partial charge is 0.342 e. The lowest BCUT2D eigenvalue weighted by Crippen LogP contribution is -2.44.